The Balaban J connectivity index is 1.74. The van der Waals surface area contributed by atoms with E-state index in [9.17, 15) is 9.59 Å². The third kappa shape index (κ3) is 8.20. The summed E-state index contributed by atoms with van der Waals surface area (Å²) in [4.78, 5) is 22.0. The molecule has 6 heteroatoms. The first-order valence-electron chi connectivity index (χ1n) is 9.26. The summed E-state index contributed by atoms with van der Waals surface area (Å²) in [6.45, 7) is 0. The summed E-state index contributed by atoms with van der Waals surface area (Å²) in [5.74, 6) is 2.43. The third-order valence-corrected chi connectivity index (χ3v) is 7.60. The van der Waals surface area contributed by atoms with Crippen LogP contribution in [0.15, 0.2) is 48.5 Å². The van der Waals surface area contributed by atoms with Crippen LogP contribution in [0, 0.1) is 0 Å². The van der Waals surface area contributed by atoms with Crippen LogP contribution in [0.5, 0.6) is 0 Å². The van der Waals surface area contributed by atoms with E-state index in [0.29, 0.717) is 22.9 Å². The average Bonchev–Trinajstić information content (AvgIpc) is 2.70. The van der Waals surface area contributed by atoms with Gasteiger partial charge in [-0.3, -0.25) is 0 Å². The van der Waals surface area contributed by atoms with Gasteiger partial charge in [0.1, 0.15) is 12.6 Å². The van der Waals surface area contributed by atoms with Gasteiger partial charge < -0.3 is 9.59 Å². The van der Waals surface area contributed by atoms with Gasteiger partial charge in [0, 0.05) is 34.4 Å². The third-order valence-electron chi connectivity index (χ3n) is 4.63. The second-order valence-electron chi connectivity index (χ2n) is 6.52. The minimum absolute atomic E-state index is 0.236. The maximum absolute atomic E-state index is 11.0. The molecular formula is C22H24Cl2O2S2. The summed E-state index contributed by atoms with van der Waals surface area (Å²) in [5, 5.41) is 1.42. The van der Waals surface area contributed by atoms with E-state index in [4.69, 9.17) is 23.2 Å². The van der Waals surface area contributed by atoms with Crippen LogP contribution >= 0.6 is 44.8 Å². The average molecular weight is 455 g/mol. The fraction of sp³-hybridized carbons (Fsp3) is 0.364. The van der Waals surface area contributed by atoms with Crippen LogP contribution in [0.1, 0.15) is 48.6 Å². The second-order valence-corrected chi connectivity index (χ2v) is 10.1. The van der Waals surface area contributed by atoms with Gasteiger partial charge in [-0.25, -0.2) is 0 Å². The van der Waals surface area contributed by atoms with Crippen molar-refractivity contribution in [3.8, 4) is 0 Å². The predicted molar refractivity (Wildman–Crippen MR) is 124 cm³/mol. The first-order valence-corrected chi connectivity index (χ1v) is 12.5. The van der Waals surface area contributed by atoms with Crippen molar-refractivity contribution < 1.29 is 9.59 Å². The molecule has 0 radical (unpaired) electrons. The molecule has 0 heterocycles. The molecule has 0 saturated carbocycles. The summed E-state index contributed by atoms with van der Waals surface area (Å²) >= 11 is 11.9. The standard InChI is InChI=1S/C22H24Cl2O2S2/c23-21-5-1-17(2-6-21)19(9-13-25)11-15-27-28-16-12-20(10-14-26)18-3-7-22(24)8-4-18/h1-8,13-14,19-20H,9-12,15-16H2. The van der Waals surface area contributed by atoms with Crippen molar-refractivity contribution in [2.75, 3.05) is 11.5 Å². The highest BCUT2D eigenvalue weighted by atomic mass is 35.5. The van der Waals surface area contributed by atoms with E-state index in [2.05, 4.69) is 0 Å². The van der Waals surface area contributed by atoms with E-state index in [1.807, 2.05) is 70.1 Å². The van der Waals surface area contributed by atoms with Crippen LogP contribution in [0.25, 0.3) is 0 Å². The van der Waals surface area contributed by atoms with Gasteiger partial charge in [-0.15, -0.1) is 0 Å². The molecular weight excluding hydrogens is 431 g/mol. The molecule has 150 valence electrons. The largest absolute Gasteiger partial charge is 0.303 e. The lowest BCUT2D eigenvalue weighted by Crippen LogP contribution is -2.02. The van der Waals surface area contributed by atoms with E-state index in [0.717, 1.165) is 48.0 Å². The molecule has 0 aromatic heterocycles. The summed E-state index contributed by atoms with van der Waals surface area (Å²) in [6.07, 6.45) is 4.95. The number of carbonyl (C=O) groups is 2. The minimum Gasteiger partial charge on any atom is -0.303 e. The fourth-order valence-corrected chi connectivity index (χ4v) is 5.58. The van der Waals surface area contributed by atoms with Gasteiger partial charge in [0.15, 0.2) is 0 Å². The molecule has 28 heavy (non-hydrogen) atoms. The smallest absolute Gasteiger partial charge is 0.120 e. The Morgan fingerprint density at radius 2 is 1.04 bits per heavy atom. The van der Waals surface area contributed by atoms with Crippen molar-refractivity contribution in [2.45, 2.75) is 37.5 Å². The number of halogens is 2. The highest BCUT2D eigenvalue weighted by molar-refractivity contribution is 8.76. The Morgan fingerprint density at radius 1 is 0.679 bits per heavy atom. The molecule has 0 aliphatic heterocycles. The molecule has 0 saturated heterocycles. The Bertz CT molecular complexity index is 657. The lowest BCUT2D eigenvalue weighted by Gasteiger charge is -2.16. The minimum atomic E-state index is 0.236. The molecule has 0 amide bonds. The van der Waals surface area contributed by atoms with Gasteiger partial charge in [0.05, 0.1) is 0 Å². The van der Waals surface area contributed by atoms with Gasteiger partial charge in [-0.1, -0.05) is 69.1 Å². The van der Waals surface area contributed by atoms with Crippen LogP contribution in [0.4, 0.5) is 0 Å². The molecule has 2 aromatic rings. The van der Waals surface area contributed by atoms with Crippen molar-refractivity contribution in [1.82, 2.24) is 0 Å². The molecule has 0 fully saturated rings. The summed E-state index contributed by atoms with van der Waals surface area (Å²) in [7, 11) is 3.66. The van der Waals surface area contributed by atoms with Gasteiger partial charge in [0.2, 0.25) is 0 Å². The second kappa shape index (κ2) is 13.3. The Hall–Kier alpha value is -0.940. The normalized spacial score (nSPS) is 13.1. The van der Waals surface area contributed by atoms with Crippen molar-refractivity contribution in [3.63, 3.8) is 0 Å². The Kier molecular flexibility index (Phi) is 11.1. The first kappa shape index (κ1) is 23.3. The lowest BCUT2D eigenvalue weighted by molar-refractivity contribution is -0.109. The summed E-state index contributed by atoms with van der Waals surface area (Å²) < 4.78 is 0. The van der Waals surface area contributed by atoms with E-state index in [-0.39, 0.29) is 11.8 Å². The van der Waals surface area contributed by atoms with Gasteiger partial charge >= 0.3 is 0 Å². The summed E-state index contributed by atoms with van der Waals surface area (Å²) in [5.41, 5.74) is 2.33. The van der Waals surface area contributed by atoms with E-state index >= 15 is 0 Å². The molecule has 2 rings (SSSR count). The van der Waals surface area contributed by atoms with Crippen molar-refractivity contribution >= 4 is 57.4 Å². The van der Waals surface area contributed by atoms with Crippen LogP contribution < -0.4 is 0 Å². The SMILES string of the molecule is O=CCC(CCSSCCC(CC=O)c1ccc(Cl)cc1)c1ccc(Cl)cc1. The van der Waals surface area contributed by atoms with Crippen LogP contribution in [0.3, 0.4) is 0 Å². The lowest BCUT2D eigenvalue weighted by atomic mass is 9.94. The zero-order chi connectivity index (χ0) is 20.2. The highest BCUT2D eigenvalue weighted by Crippen LogP contribution is 2.32. The molecule has 0 N–H and O–H groups in total. The number of benzene rings is 2. The maximum Gasteiger partial charge on any atom is 0.120 e. The highest BCUT2D eigenvalue weighted by Gasteiger charge is 2.13. The van der Waals surface area contributed by atoms with E-state index in [1.54, 1.807) is 0 Å². The van der Waals surface area contributed by atoms with Crippen LogP contribution in [-0.2, 0) is 9.59 Å². The van der Waals surface area contributed by atoms with Gasteiger partial charge in [-0.2, -0.15) is 0 Å². The molecule has 0 bridgehead atoms. The fourth-order valence-electron chi connectivity index (χ4n) is 3.04. The molecule has 2 unspecified atom stereocenters. The van der Waals surface area contributed by atoms with Crippen LogP contribution in [-0.4, -0.2) is 24.1 Å². The van der Waals surface area contributed by atoms with Crippen molar-refractivity contribution in [2.24, 2.45) is 0 Å². The van der Waals surface area contributed by atoms with Gasteiger partial charge in [0.25, 0.3) is 0 Å². The number of carbonyl (C=O) groups excluding carboxylic acids is 2. The molecule has 0 spiro atoms. The predicted octanol–water partition coefficient (Wildman–Crippen LogP) is 7.20. The van der Waals surface area contributed by atoms with Crippen molar-refractivity contribution in [3.05, 3.63) is 69.7 Å². The maximum atomic E-state index is 11.0. The summed E-state index contributed by atoms with van der Waals surface area (Å²) in [6, 6.07) is 15.5. The molecule has 0 aliphatic rings. The molecule has 0 aliphatic carbocycles. The Labute approximate surface area is 185 Å². The first-order chi connectivity index (χ1) is 13.6. The van der Waals surface area contributed by atoms with Crippen LogP contribution in [0.2, 0.25) is 10.0 Å². The zero-order valence-corrected chi connectivity index (χ0v) is 18.7. The quantitative estimate of drug-likeness (QED) is 0.182. The number of aldehydes is 2. The Morgan fingerprint density at radius 3 is 1.36 bits per heavy atom. The van der Waals surface area contributed by atoms with E-state index < -0.39 is 0 Å². The molecule has 2 nitrogen and oxygen atoms in total. The van der Waals surface area contributed by atoms with Crippen molar-refractivity contribution in [1.29, 1.82) is 0 Å². The zero-order valence-electron chi connectivity index (χ0n) is 15.6. The number of hydrogen-bond acceptors (Lipinski definition) is 4. The number of hydrogen-bond donors (Lipinski definition) is 0. The molecule has 2 aromatic carbocycles. The number of rotatable bonds is 13. The topological polar surface area (TPSA) is 34.1 Å². The van der Waals surface area contributed by atoms with Gasteiger partial charge in [-0.05, 0) is 60.1 Å². The van der Waals surface area contributed by atoms with E-state index in [1.165, 1.54) is 0 Å². The monoisotopic (exact) mass is 454 g/mol. The molecule has 2 atom stereocenters.